The largest absolute Gasteiger partial charge is 0.326 e. The molecule has 0 aliphatic heterocycles. The van der Waals surface area contributed by atoms with Crippen LogP contribution in [0.4, 0.5) is 8.78 Å². The molecular formula is C14H12F2N4O2. The summed E-state index contributed by atoms with van der Waals surface area (Å²) < 4.78 is 28.3. The van der Waals surface area contributed by atoms with E-state index >= 15 is 0 Å². The number of rotatable bonds is 3. The van der Waals surface area contributed by atoms with Crippen LogP contribution in [-0.2, 0) is 6.54 Å². The van der Waals surface area contributed by atoms with E-state index in [0.29, 0.717) is 12.2 Å². The van der Waals surface area contributed by atoms with Crippen LogP contribution in [0.5, 0.6) is 0 Å². The number of aromatic nitrogens is 4. The fourth-order valence-electron chi connectivity index (χ4n) is 2.45. The Morgan fingerprint density at radius 3 is 2.73 bits per heavy atom. The Kier molecular flexibility index (Phi) is 3.36. The molecule has 0 radical (unpaired) electrons. The number of nitrogens with zero attached hydrogens (tertiary/aromatic N) is 2. The zero-order valence-corrected chi connectivity index (χ0v) is 11.6. The molecule has 8 heteroatoms. The van der Waals surface area contributed by atoms with E-state index in [2.05, 4.69) is 15.1 Å². The number of fused-ring (bicyclic) bond motifs is 1. The maximum Gasteiger partial charge on any atom is 0.326 e. The number of aryl methyl sites for hydroxylation is 1. The highest BCUT2D eigenvalue weighted by Crippen LogP contribution is 2.33. The normalized spacial score (nSPS) is 11.5. The summed E-state index contributed by atoms with van der Waals surface area (Å²) in [4.78, 5) is 27.6. The van der Waals surface area contributed by atoms with Crippen molar-refractivity contribution in [2.75, 3.05) is 0 Å². The average molecular weight is 306 g/mol. The first-order valence-corrected chi connectivity index (χ1v) is 6.62. The molecule has 2 N–H and O–H groups in total. The van der Waals surface area contributed by atoms with Gasteiger partial charge in [0.15, 0.2) is 0 Å². The third-order valence-corrected chi connectivity index (χ3v) is 3.44. The zero-order valence-electron chi connectivity index (χ0n) is 11.6. The van der Waals surface area contributed by atoms with Crippen LogP contribution in [0.25, 0.3) is 22.2 Å². The highest BCUT2D eigenvalue weighted by Gasteiger charge is 2.19. The van der Waals surface area contributed by atoms with Gasteiger partial charge in [0, 0.05) is 23.9 Å². The Morgan fingerprint density at radius 2 is 2.05 bits per heavy atom. The van der Waals surface area contributed by atoms with Crippen molar-refractivity contribution >= 4 is 10.9 Å². The quantitative estimate of drug-likeness (QED) is 0.776. The second-order valence-electron chi connectivity index (χ2n) is 4.73. The zero-order chi connectivity index (χ0) is 15.9. The van der Waals surface area contributed by atoms with Gasteiger partial charge in [-0.05, 0) is 25.1 Å². The summed E-state index contributed by atoms with van der Waals surface area (Å²) in [5.74, 6) is 0. The third kappa shape index (κ3) is 2.22. The fourth-order valence-corrected chi connectivity index (χ4v) is 2.45. The molecule has 2 aromatic heterocycles. The van der Waals surface area contributed by atoms with E-state index in [1.807, 2.05) is 6.92 Å². The molecule has 3 rings (SSSR count). The summed E-state index contributed by atoms with van der Waals surface area (Å²) in [7, 11) is 0. The minimum atomic E-state index is -2.75. The Morgan fingerprint density at radius 1 is 1.27 bits per heavy atom. The predicted molar refractivity (Wildman–Crippen MR) is 77.0 cm³/mol. The lowest BCUT2D eigenvalue weighted by Gasteiger charge is -2.12. The Labute approximate surface area is 122 Å². The first kappa shape index (κ1) is 14.2. The van der Waals surface area contributed by atoms with E-state index in [1.165, 1.54) is 12.3 Å². The number of nitrogens with one attached hydrogen (secondary N) is 2. The van der Waals surface area contributed by atoms with Crippen LogP contribution in [0.15, 0.2) is 34.0 Å². The van der Waals surface area contributed by atoms with Crippen LogP contribution >= 0.6 is 0 Å². The van der Waals surface area contributed by atoms with Crippen molar-refractivity contribution < 1.29 is 8.78 Å². The number of benzene rings is 1. The molecule has 0 amide bonds. The van der Waals surface area contributed by atoms with Crippen molar-refractivity contribution in [3.63, 3.8) is 0 Å². The smallest absolute Gasteiger partial charge is 0.307 e. The van der Waals surface area contributed by atoms with E-state index in [9.17, 15) is 18.4 Å². The number of hydrogen-bond acceptors (Lipinski definition) is 3. The summed E-state index contributed by atoms with van der Waals surface area (Å²) in [6.07, 6.45) is -1.24. The standard InChI is InChI=1S/C14H12F2N4O2/c1-2-20-11(3-4-17-20)7-5-9-10(6-8(7)12(15)16)18-14(22)19-13(9)21/h3-6,12H,2H2,1H3,(H2,18,19,21,22). The third-order valence-electron chi connectivity index (χ3n) is 3.44. The molecule has 1 aromatic carbocycles. The highest BCUT2D eigenvalue weighted by molar-refractivity contribution is 5.85. The minimum absolute atomic E-state index is 0.0790. The Balaban J connectivity index is 2.40. The van der Waals surface area contributed by atoms with Gasteiger partial charge in [0.25, 0.3) is 12.0 Å². The molecular weight excluding hydrogens is 294 g/mol. The van der Waals surface area contributed by atoms with Gasteiger partial charge in [0.05, 0.1) is 16.6 Å². The second kappa shape index (κ2) is 5.21. The Hall–Kier alpha value is -2.77. The second-order valence-corrected chi connectivity index (χ2v) is 4.73. The molecule has 0 fully saturated rings. The van der Waals surface area contributed by atoms with Crippen molar-refractivity contribution in [3.05, 3.63) is 50.8 Å². The van der Waals surface area contributed by atoms with Gasteiger partial charge in [-0.3, -0.25) is 14.5 Å². The molecule has 0 unspecified atom stereocenters. The van der Waals surface area contributed by atoms with E-state index in [1.54, 1.807) is 10.7 Å². The fraction of sp³-hybridized carbons (Fsp3) is 0.214. The van der Waals surface area contributed by atoms with Crippen molar-refractivity contribution in [1.82, 2.24) is 19.7 Å². The van der Waals surface area contributed by atoms with E-state index in [-0.39, 0.29) is 22.0 Å². The van der Waals surface area contributed by atoms with E-state index in [0.717, 1.165) is 6.07 Å². The minimum Gasteiger partial charge on any atom is -0.307 e. The first-order valence-electron chi connectivity index (χ1n) is 6.62. The maximum atomic E-state index is 13.4. The molecule has 0 aliphatic rings. The highest BCUT2D eigenvalue weighted by atomic mass is 19.3. The molecule has 114 valence electrons. The number of halogens is 2. The Bertz CT molecular complexity index is 955. The molecule has 0 aliphatic carbocycles. The summed E-state index contributed by atoms with van der Waals surface area (Å²) in [6, 6.07) is 4.10. The molecule has 3 aromatic rings. The lowest BCUT2D eigenvalue weighted by Crippen LogP contribution is -2.22. The summed E-state index contributed by atoms with van der Waals surface area (Å²) >= 11 is 0. The van der Waals surface area contributed by atoms with E-state index in [4.69, 9.17) is 0 Å². The summed E-state index contributed by atoms with van der Waals surface area (Å²) in [5, 5.41) is 4.20. The van der Waals surface area contributed by atoms with Crippen LogP contribution in [0.3, 0.4) is 0 Å². The first-order chi connectivity index (χ1) is 10.5. The van der Waals surface area contributed by atoms with Crippen LogP contribution in [0, 0.1) is 0 Å². The van der Waals surface area contributed by atoms with Gasteiger partial charge in [-0.25, -0.2) is 13.6 Å². The van der Waals surface area contributed by atoms with Gasteiger partial charge in [0.1, 0.15) is 0 Å². The predicted octanol–water partition coefficient (Wildman–Crippen LogP) is 2.04. The van der Waals surface area contributed by atoms with Crippen LogP contribution < -0.4 is 11.2 Å². The van der Waals surface area contributed by atoms with Crippen molar-refractivity contribution in [2.24, 2.45) is 0 Å². The number of H-pyrrole nitrogens is 2. The molecule has 0 saturated carbocycles. The van der Waals surface area contributed by atoms with Crippen molar-refractivity contribution in [1.29, 1.82) is 0 Å². The van der Waals surface area contributed by atoms with Gasteiger partial charge >= 0.3 is 5.69 Å². The number of aromatic amines is 2. The van der Waals surface area contributed by atoms with Gasteiger partial charge in [-0.1, -0.05) is 0 Å². The molecule has 0 saturated heterocycles. The summed E-state index contributed by atoms with van der Waals surface area (Å²) in [6.45, 7) is 2.34. The van der Waals surface area contributed by atoms with Crippen molar-refractivity contribution in [2.45, 2.75) is 19.9 Å². The lowest BCUT2D eigenvalue weighted by molar-refractivity contribution is 0.152. The SMILES string of the molecule is CCn1nccc1-c1cc2c(=O)[nH]c(=O)[nH]c2cc1C(F)F. The monoisotopic (exact) mass is 306 g/mol. The van der Waals surface area contributed by atoms with Crippen LogP contribution in [0.1, 0.15) is 18.9 Å². The molecule has 0 spiro atoms. The van der Waals surface area contributed by atoms with Gasteiger partial charge in [-0.15, -0.1) is 0 Å². The molecule has 0 atom stereocenters. The van der Waals surface area contributed by atoms with Crippen LogP contribution in [0.2, 0.25) is 0 Å². The van der Waals surface area contributed by atoms with Crippen molar-refractivity contribution in [3.8, 4) is 11.3 Å². The topological polar surface area (TPSA) is 83.5 Å². The van der Waals surface area contributed by atoms with Gasteiger partial charge in [-0.2, -0.15) is 5.10 Å². The molecule has 22 heavy (non-hydrogen) atoms. The molecule has 0 bridgehead atoms. The molecule has 6 nitrogen and oxygen atoms in total. The number of hydrogen-bond donors (Lipinski definition) is 2. The van der Waals surface area contributed by atoms with E-state index < -0.39 is 17.7 Å². The van der Waals surface area contributed by atoms with Gasteiger partial charge in [0.2, 0.25) is 0 Å². The number of alkyl halides is 2. The molecule has 2 heterocycles. The summed E-state index contributed by atoms with van der Waals surface area (Å²) in [5.41, 5.74) is -0.823. The lowest BCUT2D eigenvalue weighted by atomic mass is 10.0. The van der Waals surface area contributed by atoms with Crippen LogP contribution in [-0.4, -0.2) is 19.7 Å². The average Bonchev–Trinajstić information content (AvgIpc) is 2.94. The maximum absolute atomic E-state index is 13.4. The van der Waals surface area contributed by atoms with Gasteiger partial charge < -0.3 is 4.98 Å².